The average molecular weight is 271 g/mol. The standard InChI is InChI=1S/Al.Mn.Sn.Zn.5H. The Labute approximate surface area is 76.8 Å². The van der Waals surface area contributed by atoms with Gasteiger partial charge in [0.2, 0.25) is 0 Å². The monoisotopic (exact) mass is 271 g/mol. The summed E-state index contributed by atoms with van der Waals surface area (Å²) in [6.07, 6.45) is 0. The first-order chi connectivity index (χ1) is 0. The number of hydrogen-bond acceptors (Lipinski definition) is 0. The Morgan fingerprint density at radius 2 is 1.00 bits per heavy atom. The summed E-state index contributed by atoms with van der Waals surface area (Å²) in [5, 5.41) is 0. The van der Waals surface area contributed by atoms with Crippen molar-refractivity contribution in [2.45, 2.75) is 0 Å². The Morgan fingerprint density at radius 1 is 1.00 bits per heavy atom. The van der Waals surface area contributed by atoms with Crippen LogP contribution in [0.1, 0.15) is 0 Å². The van der Waals surface area contributed by atoms with Crippen molar-refractivity contribution in [3.8, 4) is 0 Å². The Balaban J connectivity index is 0. The van der Waals surface area contributed by atoms with Crippen molar-refractivity contribution in [3.05, 3.63) is 0 Å². The van der Waals surface area contributed by atoms with Gasteiger partial charge in [-0.2, -0.15) is 0 Å². The van der Waals surface area contributed by atoms with Crippen LogP contribution in [0.5, 0.6) is 0 Å². The van der Waals surface area contributed by atoms with Crippen molar-refractivity contribution in [2.24, 2.45) is 0 Å². The zero-order chi connectivity index (χ0) is 0. The van der Waals surface area contributed by atoms with Crippen molar-refractivity contribution in [2.75, 3.05) is 0 Å². The predicted molar refractivity (Wildman–Crippen MR) is 18.5 cm³/mol. The summed E-state index contributed by atoms with van der Waals surface area (Å²) in [6, 6.07) is 0. The molecular formula is H5AlMnSnZn. The topological polar surface area (TPSA) is 0 Å². The fourth-order valence-electron chi connectivity index (χ4n) is 0. The molecule has 0 spiro atoms. The second-order valence-corrected chi connectivity index (χ2v) is 0. The molecule has 0 heterocycles. The Kier molecular flexibility index (Phi) is 142. The summed E-state index contributed by atoms with van der Waals surface area (Å²) in [5.41, 5.74) is 0. The molecular weight excluding hydrogens is 266 g/mol. The van der Waals surface area contributed by atoms with E-state index in [-0.39, 0.29) is 77.8 Å². The molecule has 0 N–H and O–H groups in total. The first-order valence-corrected chi connectivity index (χ1v) is 0. The van der Waals surface area contributed by atoms with Gasteiger partial charge in [0.15, 0.2) is 17.4 Å². The summed E-state index contributed by atoms with van der Waals surface area (Å²) in [4.78, 5) is 0. The van der Waals surface area contributed by atoms with Gasteiger partial charge in [-0.25, -0.2) is 0 Å². The van der Waals surface area contributed by atoms with Crippen LogP contribution in [0, 0.1) is 0 Å². The van der Waals surface area contributed by atoms with E-state index >= 15 is 0 Å². The zero-order valence-electron chi connectivity index (χ0n) is 1.79. The maximum absolute atomic E-state index is 0. The molecule has 0 aromatic rings. The molecule has 0 saturated heterocycles. The van der Waals surface area contributed by atoms with Crippen LogP contribution in [0.3, 0.4) is 0 Å². The quantitative estimate of drug-likeness (QED) is 0.443. The van der Waals surface area contributed by atoms with Gasteiger partial charge < -0.3 is 0 Å². The number of rotatable bonds is 0. The predicted octanol–water partition coefficient (Wildman–Crippen LogP) is -2.11. The van der Waals surface area contributed by atoms with Gasteiger partial charge in [-0.15, -0.1) is 0 Å². The van der Waals surface area contributed by atoms with E-state index in [0.29, 0.717) is 0 Å². The van der Waals surface area contributed by atoms with Crippen LogP contribution in [-0.2, 0) is 36.5 Å². The van der Waals surface area contributed by atoms with Gasteiger partial charge in [-0.3, -0.25) is 0 Å². The van der Waals surface area contributed by atoms with Crippen molar-refractivity contribution in [3.63, 3.8) is 0 Å². The third-order valence-electron chi connectivity index (χ3n) is 0. The van der Waals surface area contributed by atoms with Crippen LogP contribution in [-0.4, -0.2) is 41.3 Å². The molecule has 3 radical (unpaired) electrons. The normalized spacial score (nSPS) is 0. The van der Waals surface area contributed by atoms with Gasteiger partial charge in [0.05, 0.1) is 0 Å². The van der Waals surface area contributed by atoms with E-state index in [1.807, 2.05) is 0 Å². The molecule has 0 rings (SSSR count). The van der Waals surface area contributed by atoms with E-state index in [2.05, 4.69) is 0 Å². The van der Waals surface area contributed by atoms with Crippen molar-refractivity contribution in [1.29, 1.82) is 0 Å². The molecule has 0 saturated carbocycles. The van der Waals surface area contributed by atoms with Gasteiger partial charge in [-0.1, -0.05) is 0 Å². The van der Waals surface area contributed by atoms with Gasteiger partial charge in [0, 0.05) is 36.5 Å². The molecule has 4 heteroatoms. The molecule has 0 aromatic heterocycles. The first kappa shape index (κ1) is 31.7. The van der Waals surface area contributed by atoms with E-state index in [9.17, 15) is 0 Å². The second kappa shape index (κ2) is 17.9. The fourth-order valence-corrected chi connectivity index (χ4v) is 0. The zero-order valence-corrected chi connectivity index (χ0v) is 9.98. The summed E-state index contributed by atoms with van der Waals surface area (Å²) >= 11 is 0. The third-order valence-corrected chi connectivity index (χ3v) is 0. The number of hydrogen-bond donors (Lipinski definition) is 0. The minimum Gasteiger partial charge on any atom is 0 e. The molecule has 0 bridgehead atoms. The molecule has 0 aliphatic heterocycles. The SMILES string of the molecule is [AlH3].[Mn].[SnH2].[Zn]. The minimum atomic E-state index is 0. The summed E-state index contributed by atoms with van der Waals surface area (Å²) < 4.78 is 0. The van der Waals surface area contributed by atoms with E-state index in [1.165, 1.54) is 0 Å². The molecule has 4 heavy (non-hydrogen) atoms. The Bertz CT molecular complexity index is 8.00. The van der Waals surface area contributed by atoms with Crippen LogP contribution in [0.25, 0.3) is 0 Å². The third kappa shape index (κ3) is 8.82. The summed E-state index contributed by atoms with van der Waals surface area (Å²) in [5.74, 6) is 0. The molecule has 0 nitrogen and oxygen atoms in total. The fraction of sp³-hybridized carbons (Fsp3) is 0. The molecule has 21 valence electrons. The summed E-state index contributed by atoms with van der Waals surface area (Å²) in [6.45, 7) is 0. The van der Waals surface area contributed by atoms with Crippen molar-refractivity contribution < 1.29 is 36.5 Å². The van der Waals surface area contributed by atoms with E-state index in [4.69, 9.17) is 0 Å². The molecule has 0 aliphatic rings. The molecule has 0 fully saturated rings. The summed E-state index contributed by atoms with van der Waals surface area (Å²) in [7, 11) is 0. The molecule has 0 atom stereocenters. The van der Waals surface area contributed by atoms with Crippen LogP contribution in [0.4, 0.5) is 0 Å². The van der Waals surface area contributed by atoms with Gasteiger partial charge >= 0.3 is 23.9 Å². The Morgan fingerprint density at radius 3 is 1.00 bits per heavy atom. The van der Waals surface area contributed by atoms with Crippen LogP contribution in [0.2, 0.25) is 0 Å². The minimum absolute atomic E-state index is 0. The molecule has 0 aliphatic carbocycles. The van der Waals surface area contributed by atoms with Gasteiger partial charge in [0.1, 0.15) is 0 Å². The van der Waals surface area contributed by atoms with Crippen LogP contribution in [0.15, 0.2) is 0 Å². The van der Waals surface area contributed by atoms with Crippen molar-refractivity contribution in [1.82, 2.24) is 0 Å². The maximum atomic E-state index is 0. The Hall–Kier alpha value is 2.47. The van der Waals surface area contributed by atoms with E-state index in [0.717, 1.165) is 0 Å². The molecule has 0 amide bonds. The van der Waals surface area contributed by atoms with E-state index < -0.39 is 0 Å². The van der Waals surface area contributed by atoms with E-state index in [1.54, 1.807) is 0 Å². The smallest absolute Gasteiger partial charge is 0 e. The maximum Gasteiger partial charge on any atom is 0 e. The molecule has 0 aromatic carbocycles. The first-order valence-electron chi connectivity index (χ1n) is 0. The largest absolute Gasteiger partial charge is 0 e. The molecule has 0 unspecified atom stereocenters. The average Bonchev–Trinajstić information content (AvgIpc) is 0. The van der Waals surface area contributed by atoms with Crippen LogP contribution < -0.4 is 0 Å². The van der Waals surface area contributed by atoms with Crippen LogP contribution >= 0.6 is 0 Å². The van der Waals surface area contributed by atoms with Gasteiger partial charge in [0.25, 0.3) is 0 Å². The second-order valence-electron chi connectivity index (χ2n) is 0. The van der Waals surface area contributed by atoms with Crippen molar-refractivity contribution >= 4 is 41.3 Å². The van der Waals surface area contributed by atoms with Gasteiger partial charge in [-0.05, 0) is 0 Å².